The lowest BCUT2D eigenvalue weighted by Crippen LogP contribution is -2.83. The molecule has 24 nitrogen and oxygen atoms in total. The smallest absolute Gasteiger partial charge is 0.189 e. The molecule has 0 aliphatic carbocycles. The van der Waals surface area contributed by atoms with Crippen molar-refractivity contribution in [2.75, 3.05) is 236 Å². The predicted molar refractivity (Wildman–Crippen MR) is 662 cm³/mol. The van der Waals surface area contributed by atoms with Crippen LogP contribution in [0, 0.1) is 0 Å². The summed E-state index contributed by atoms with van der Waals surface area (Å²) < 4.78 is 68.2. The first-order valence-corrected chi connectivity index (χ1v) is 95.3. The fourth-order valence-corrected chi connectivity index (χ4v) is 120. The van der Waals surface area contributed by atoms with Gasteiger partial charge in [0.05, 0.1) is 0 Å². The van der Waals surface area contributed by atoms with Crippen molar-refractivity contribution >= 4 is 163 Å². The first-order chi connectivity index (χ1) is 62.4. The van der Waals surface area contributed by atoms with E-state index < -0.39 is 114 Å². The molecule has 0 aromatic rings. The molecule has 42 heteroatoms. The van der Waals surface area contributed by atoms with E-state index >= 15 is 0 Å². The number of hydrogen-bond acceptors (Lipinski definition) is 24. The lowest BCUT2D eigenvalue weighted by Gasteiger charge is -2.61. The fourth-order valence-electron chi connectivity index (χ4n) is 23.1. The monoisotopic (exact) mass is 2190 g/mol. The zero-order valence-electron chi connectivity index (χ0n) is 102. The Bertz CT molecular complexity index is 2400. The van der Waals surface area contributed by atoms with E-state index in [1.165, 1.54) is 196 Å². The SMILES string of the molecule is CCN(CC)[SiH2]N([SiH2]N(CC)CC)[SiH2]N(CC)CC.CCN(CC)[SiH2]N([SiH2]N(CC)CC)[SiH](C)N(CC)CC.CCN(CC)[SiH](C)N([SiH](C)N(CC)CC)[SiH](C)N(CC)CC.CCN(CC)[SiH](C)N([SiH](C)N(CC)CC)[Si](C)(C)N(CC)CC.CCN(CC)[SiH](C)N([Si](C)(C)N(CC)CC)[Si](C)(C)N(CC)CC.CCN(CC)[Si](C)(C)N([Si](C)(C)N(CC)CC)[Si](C)(C)N(CC)CC. The summed E-state index contributed by atoms with van der Waals surface area (Å²) in [6, 6.07) is 0. The Kier molecular flexibility index (Phi) is 89.2. The van der Waals surface area contributed by atoms with Crippen molar-refractivity contribution in [1.82, 2.24) is 106 Å². The van der Waals surface area contributed by atoms with Gasteiger partial charge in [-0.3, -0.25) is 0 Å². The number of rotatable bonds is 72. The lowest BCUT2D eigenvalue weighted by atomic mass is 10.7. The molecule has 7 atom stereocenters. The van der Waals surface area contributed by atoms with E-state index in [0.29, 0.717) is 0 Å². The van der Waals surface area contributed by atoms with Gasteiger partial charge in [-0.05, 0) is 360 Å². The zero-order chi connectivity index (χ0) is 105. The van der Waals surface area contributed by atoms with Crippen LogP contribution in [0.15, 0.2) is 0 Å². The normalized spacial score (nSPS) is 15.3. The summed E-state index contributed by atoms with van der Waals surface area (Å²) in [5.74, 6) is 0. The molecule has 0 aromatic heterocycles. The molecule has 0 heterocycles. The van der Waals surface area contributed by atoms with Crippen molar-refractivity contribution in [1.29, 1.82) is 0 Å². The van der Waals surface area contributed by atoms with Gasteiger partial charge in [0.15, 0.2) is 163 Å². The highest BCUT2D eigenvalue weighted by molar-refractivity contribution is 7.02. The molecule has 0 aliphatic heterocycles. The van der Waals surface area contributed by atoms with E-state index in [0.717, 1.165) is 39.3 Å². The molecule has 0 N–H and O–H groups in total. The van der Waals surface area contributed by atoms with Gasteiger partial charge in [0, 0.05) is 0 Å². The van der Waals surface area contributed by atoms with Gasteiger partial charge in [-0.25, -0.2) is 0 Å². The highest BCUT2D eigenvalue weighted by Gasteiger charge is 2.56. The third kappa shape index (κ3) is 48.0. The highest BCUT2D eigenvalue weighted by Crippen LogP contribution is 2.35. The quantitative estimate of drug-likeness (QED) is 0.0542. The average molecular weight is 2190 g/mol. The van der Waals surface area contributed by atoms with E-state index in [2.05, 4.69) is 479 Å². The highest BCUT2D eigenvalue weighted by atomic mass is 28.5. The van der Waals surface area contributed by atoms with Crippen LogP contribution in [0.5, 0.6) is 0 Å². The van der Waals surface area contributed by atoms with Crippen molar-refractivity contribution in [3.05, 3.63) is 0 Å². The molecule has 0 saturated heterocycles. The number of hydrogen-bond donors (Lipinski definition) is 0. The van der Waals surface area contributed by atoms with Crippen LogP contribution in [-0.2, 0) is 0 Å². The van der Waals surface area contributed by atoms with E-state index in [9.17, 15) is 0 Å². The molecular formula is C91H254N24Si18. The van der Waals surface area contributed by atoms with Crippen LogP contribution < -0.4 is 0 Å². The van der Waals surface area contributed by atoms with Gasteiger partial charge in [0.2, 0.25) is 0 Å². The molecule has 0 spiro atoms. The molecule has 0 saturated carbocycles. The van der Waals surface area contributed by atoms with Crippen LogP contribution >= 0.6 is 0 Å². The van der Waals surface area contributed by atoms with Crippen molar-refractivity contribution in [3.63, 3.8) is 0 Å². The van der Waals surface area contributed by atoms with Crippen LogP contribution in [0.1, 0.15) is 249 Å². The molecule has 0 aliphatic rings. The predicted octanol–water partition coefficient (Wildman–Crippen LogP) is 12.0. The third-order valence-corrected chi connectivity index (χ3v) is 123. The van der Waals surface area contributed by atoms with Gasteiger partial charge >= 0.3 is 0 Å². The van der Waals surface area contributed by atoms with Crippen molar-refractivity contribution in [3.8, 4) is 0 Å². The molecule has 7 unspecified atom stereocenters. The second kappa shape index (κ2) is 80.9. The van der Waals surface area contributed by atoms with Crippen molar-refractivity contribution in [2.24, 2.45) is 0 Å². The first-order valence-electron chi connectivity index (χ1n) is 56.3. The zero-order valence-corrected chi connectivity index (χ0v) is 123. The van der Waals surface area contributed by atoms with Crippen LogP contribution in [0.2, 0.25) is 124 Å². The van der Waals surface area contributed by atoms with Gasteiger partial charge in [0.25, 0.3) is 0 Å². The van der Waals surface area contributed by atoms with Crippen molar-refractivity contribution < 1.29 is 0 Å². The Morgan fingerprint density at radius 3 is 0.504 bits per heavy atom. The van der Waals surface area contributed by atoms with E-state index in [4.69, 9.17) is 0 Å². The summed E-state index contributed by atoms with van der Waals surface area (Å²) in [7, 11) is -18.2. The fraction of sp³-hybridized carbons (Fsp3) is 1.00. The third-order valence-electron chi connectivity index (χ3n) is 31.5. The number of nitrogens with zero attached hydrogens (tertiary/aromatic N) is 24. The topological polar surface area (TPSA) is 77.8 Å². The van der Waals surface area contributed by atoms with Gasteiger partial charge in [-0.2, -0.15) is 0 Å². The van der Waals surface area contributed by atoms with Crippen molar-refractivity contribution in [2.45, 2.75) is 374 Å². The molecule has 0 bridgehead atoms. The van der Waals surface area contributed by atoms with Crippen LogP contribution in [-0.4, -0.2) is 505 Å². The molecule has 0 amide bonds. The summed E-state index contributed by atoms with van der Waals surface area (Å²) in [4.78, 5) is 0. The van der Waals surface area contributed by atoms with Crippen LogP contribution in [0.4, 0.5) is 0 Å². The maximum absolute atomic E-state index is 3.17. The second-order valence-electron chi connectivity index (χ2n) is 39.0. The average Bonchev–Trinajstić information content (AvgIpc) is 0.739. The Morgan fingerprint density at radius 2 is 0.323 bits per heavy atom. The summed E-state index contributed by atoms with van der Waals surface area (Å²) in [6.45, 7) is 176. The minimum atomic E-state index is -1.72. The van der Waals surface area contributed by atoms with E-state index in [1.807, 2.05) is 0 Å². The maximum atomic E-state index is 3.17. The Labute approximate surface area is 871 Å². The largest absolute Gasteiger partial charge is 0.346 e. The Morgan fingerprint density at radius 1 is 0.165 bits per heavy atom. The van der Waals surface area contributed by atoms with Gasteiger partial charge in [0.1, 0.15) is 0 Å². The molecular weight excluding hydrogens is 1930 g/mol. The molecule has 133 heavy (non-hydrogen) atoms. The molecule has 810 valence electrons. The summed E-state index contributed by atoms with van der Waals surface area (Å²) >= 11 is 0. The summed E-state index contributed by atoms with van der Waals surface area (Å²) in [5.41, 5.74) is 0. The Balaban J connectivity index is -0.000000365. The minimum absolute atomic E-state index is 0.177. The molecule has 0 aromatic carbocycles. The van der Waals surface area contributed by atoms with Gasteiger partial charge in [-0.15, -0.1) is 0 Å². The first kappa shape index (κ1) is 147. The minimum Gasteiger partial charge on any atom is -0.346 e. The van der Waals surface area contributed by atoms with E-state index in [-0.39, 0.29) is 49.2 Å². The molecule has 0 radical (unpaired) electrons. The summed E-state index contributed by atoms with van der Waals surface area (Å²) in [6.07, 6.45) is 0. The maximum Gasteiger partial charge on any atom is 0.189 e. The van der Waals surface area contributed by atoms with Crippen LogP contribution in [0.25, 0.3) is 0 Å². The Hall–Kier alpha value is 2.94. The molecule has 0 rings (SSSR count). The lowest BCUT2D eigenvalue weighted by molar-refractivity contribution is 0.382. The summed E-state index contributed by atoms with van der Waals surface area (Å²) in [5, 5.41) is 0. The van der Waals surface area contributed by atoms with E-state index in [1.54, 1.807) is 0 Å². The van der Waals surface area contributed by atoms with Crippen LogP contribution in [0.3, 0.4) is 0 Å². The van der Waals surface area contributed by atoms with Gasteiger partial charge in [-0.1, -0.05) is 249 Å². The standard InChI is InChI=1S/C18H48N4Si3.C17H46N4Si3.C16H44N4Si3.C15H42N4Si3.C13H38N4Si3.C12H36N4Si3/c1-13-19(14-2)23(7,8)22(24(9,10)20(15-3)16-4)25(11,12)21(17-5)18-6;1-12-18(13-2)22(7)21(23(8,9)19(14-3)15-4)24(10,11)20(16-5)17-6;1-11-17(12-2)21(7)20(22(8)18(13-3)14-4)23(9,10)19(15-5)16-6;1-10-16(11-2)20(7)19(21(8)17(12-3)13-4)22(9)18(14-5)15-6;1-8-14(9-2)18-17(19-15(10-3)11-4)20(7)16(12-5)13-6;1-7-13(8-2)17-16(18-14(9-3)10-4)19-15(11-5)12-6/h13-18H2,1-12H3;22H,12-17H2,1-11H3;21-22H,11-16H2,1-10H3;20-22H,10-15H2,1-9H3;20H,8-13,18-19H2,1-7H3;7-12,17-19H2,1-6H3. The second-order valence-corrected chi connectivity index (χ2v) is 103. The van der Waals surface area contributed by atoms with Gasteiger partial charge < -0.3 is 106 Å². The molecule has 0 fully saturated rings.